The Morgan fingerprint density at radius 3 is 2.56 bits per heavy atom. The first-order valence-electron chi connectivity index (χ1n) is 7.82. The van der Waals surface area contributed by atoms with E-state index >= 15 is 0 Å². The van der Waals surface area contributed by atoms with E-state index in [-0.39, 0.29) is 29.5 Å². The third kappa shape index (κ3) is 5.54. The van der Waals surface area contributed by atoms with Crippen LogP contribution in [0.15, 0.2) is 35.4 Å². The van der Waals surface area contributed by atoms with Crippen LogP contribution in [0.25, 0.3) is 0 Å². The largest absolute Gasteiger partial charge is 0.416 e. The van der Waals surface area contributed by atoms with E-state index in [1.54, 1.807) is 12.3 Å². The lowest BCUT2D eigenvalue weighted by Crippen LogP contribution is -2.33. The van der Waals surface area contributed by atoms with Gasteiger partial charge in [-0.1, -0.05) is 6.07 Å². The van der Waals surface area contributed by atoms with Gasteiger partial charge in [-0.3, -0.25) is 9.17 Å². The highest BCUT2D eigenvalue weighted by atomic mass is 32.2. The molecule has 0 aliphatic rings. The van der Waals surface area contributed by atoms with Crippen molar-refractivity contribution >= 4 is 30.2 Å². The molecule has 144 valence electrons. The fourth-order valence-electron chi connectivity index (χ4n) is 2.34. The topological polar surface area (TPSA) is 51.7 Å². The van der Waals surface area contributed by atoms with E-state index in [1.807, 2.05) is 6.92 Å². The standard InChI is InChI=1S/C17H18BF3N2O3S/c1-11-6-15(16(18)22-8-11)23(9-25-3)10-26-27(24)13-5-4-12(2)14(7-13)17(19,20)21/h4-8H,9-10H2,1-3H3. The minimum atomic E-state index is -4.53. The Balaban J connectivity index is 2.18. The van der Waals surface area contributed by atoms with Crippen LogP contribution in [-0.2, 0) is 26.2 Å². The van der Waals surface area contributed by atoms with Gasteiger partial charge in [0.25, 0.3) is 0 Å². The first-order chi connectivity index (χ1) is 12.6. The van der Waals surface area contributed by atoms with Crippen LogP contribution in [0.5, 0.6) is 0 Å². The maximum atomic E-state index is 13.0. The van der Waals surface area contributed by atoms with Crippen LogP contribution in [0, 0.1) is 13.8 Å². The van der Waals surface area contributed by atoms with E-state index in [0.717, 1.165) is 11.6 Å². The Bertz CT molecular complexity index is 834. The highest BCUT2D eigenvalue weighted by molar-refractivity contribution is 7.80. The minimum absolute atomic E-state index is 0.0443. The first kappa shape index (κ1) is 21.4. The van der Waals surface area contributed by atoms with E-state index in [2.05, 4.69) is 4.98 Å². The van der Waals surface area contributed by atoms with Gasteiger partial charge in [-0.2, -0.15) is 13.2 Å². The van der Waals surface area contributed by atoms with Gasteiger partial charge < -0.3 is 9.64 Å². The molecule has 0 bridgehead atoms. The number of benzene rings is 1. The molecule has 2 aromatic rings. The van der Waals surface area contributed by atoms with Crippen molar-refractivity contribution in [3.63, 3.8) is 0 Å². The van der Waals surface area contributed by atoms with Gasteiger partial charge in [-0.25, -0.2) is 4.21 Å². The highest BCUT2D eigenvalue weighted by Crippen LogP contribution is 2.33. The molecule has 0 aliphatic heterocycles. The molecular formula is C17H18BF3N2O3S. The maximum absolute atomic E-state index is 13.0. The molecular weight excluding hydrogens is 380 g/mol. The number of aryl methyl sites for hydroxylation is 2. The molecule has 2 rings (SSSR count). The number of hydrogen-bond donors (Lipinski definition) is 0. The smallest absolute Gasteiger partial charge is 0.364 e. The second-order valence-corrected chi connectivity index (χ2v) is 7.01. The zero-order valence-corrected chi connectivity index (χ0v) is 15.9. The second kappa shape index (κ2) is 8.86. The van der Waals surface area contributed by atoms with Crippen LogP contribution in [-0.4, -0.2) is 37.6 Å². The quantitative estimate of drug-likeness (QED) is 0.530. The molecule has 0 aliphatic carbocycles. The van der Waals surface area contributed by atoms with Crippen LogP contribution in [0.1, 0.15) is 16.7 Å². The van der Waals surface area contributed by atoms with E-state index in [1.165, 1.54) is 31.1 Å². The van der Waals surface area contributed by atoms with Crippen molar-refractivity contribution in [3.8, 4) is 0 Å². The number of nitrogens with zero attached hydrogens (tertiary/aromatic N) is 2. The molecule has 1 atom stereocenters. The Hall–Kier alpha value is -1.91. The van der Waals surface area contributed by atoms with Crippen LogP contribution >= 0.6 is 0 Å². The molecule has 1 aromatic carbocycles. The molecule has 1 heterocycles. The predicted octanol–water partition coefficient (Wildman–Crippen LogP) is 2.62. The summed E-state index contributed by atoms with van der Waals surface area (Å²) in [6.07, 6.45) is -2.94. The third-order valence-corrected chi connectivity index (χ3v) is 4.64. The summed E-state index contributed by atoms with van der Waals surface area (Å²) in [6.45, 7) is 3.01. The zero-order chi connectivity index (χ0) is 20.2. The molecule has 27 heavy (non-hydrogen) atoms. The van der Waals surface area contributed by atoms with Crippen molar-refractivity contribution in [2.45, 2.75) is 24.9 Å². The van der Waals surface area contributed by atoms with Gasteiger partial charge in [-0.05, 0) is 43.2 Å². The van der Waals surface area contributed by atoms with Gasteiger partial charge >= 0.3 is 6.18 Å². The molecule has 0 fully saturated rings. The number of rotatable bonds is 7. The van der Waals surface area contributed by atoms with Crippen LogP contribution < -0.4 is 10.5 Å². The average molecular weight is 398 g/mol. The number of pyridine rings is 1. The van der Waals surface area contributed by atoms with Crippen molar-refractivity contribution in [2.24, 2.45) is 0 Å². The van der Waals surface area contributed by atoms with Crippen molar-refractivity contribution in [3.05, 3.63) is 47.2 Å². The number of aromatic nitrogens is 1. The van der Waals surface area contributed by atoms with Gasteiger partial charge in [0.1, 0.15) is 21.3 Å². The minimum Gasteiger partial charge on any atom is -0.364 e. The van der Waals surface area contributed by atoms with Crippen molar-refractivity contribution in [2.75, 3.05) is 25.5 Å². The molecule has 0 spiro atoms. The lowest BCUT2D eigenvalue weighted by molar-refractivity contribution is -0.138. The van der Waals surface area contributed by atoms with Gasteiger partial charge in [0.15, 0.2) is 11.1 Å². The van der Waals surface area contributed by atoms with Crippen molar-refractivity contribution in [1.82, 2.24) is 4.98 Å². The number of ether oxygens (including phenoxy) is 1. The van der Waals surface area contributed by atoms with Crippen LogP contribution in [0.3, 0.4) is 0 Å². The average Bonchev–Trinajstić information content (AvgIpc) is 2.60. The lowest BCUT2D eigenvalue weighted by atomic mass is 10.00. The first-order valence-corrected chi connectivity index (χ1v) is 8.90. The van der Waals surface area contributed by atoms with E-state index in [9.17, 15) is 17.4 Å². The van der Waals surface area contributed by atoms with E-state index in [0.29, 0.717) is 5.69 Å². The summed E-state index contributed by atoms with van der Waals surface area (Å²) in [6, 6.07) is 5.18. The Kier molecular flexibility index (Phi) is 7.02. The van der Waals surface area contributed by atoms with E-state index < -0.39 is 22.8 Å². The summed E-state index contributed by atoms with van der Waals surface area (Å²) < 4.78 is 61.8. The molecule has 1 unspecified atom stereocenters. The summed E-state index contributed by atoms with van der Waals surface area (Å²) in [5, 5.41) is 0. The highest BCUT2D eigenvalue weighted by Gasteiger charge is 2.33. The number of anilines is 1. The maximum Gasteiger partial charge on any atom is 0.416 e. The molecule has 0 N–H and O–H groups in total. The van der Waals surface area contributed by atoms with Crippen LogP contribution in [0.2, 0.25) is 0 Å². The zero-order valence-electron chi connectivity index (χ0n) is 15.0. The van der Waals surface area contributed by atoms with E-state index in [4.69, 9.17) is 16.8 Å². The van der Waals surface area contributed by atoms with Crippen molar-refractivity contribution in [1.29, 1.82) is 0 Å². The third-order valence-electron chi connectivity index (χ3n) is 3.68. The molecule has 0 amide bonds. The Labute approximate surface area is 159 Å². The summed E-state index contributed by atoms with van der Waals surface area (Å²) in [5.41, 5.74) is 0.769. The number of hydrogen-bond acceptors (Lipinski definition) is 5. The van der Waals surface area contributed by atoms with Gasteiger partial charge in [-0.15, -0.1) is 0 Å². The molecule has 0 saturated heterocycles. The normalized spacial score (nSPS) is 12.8. The monoisotopic (exact) mass is 398 g/mol. The van der Waals surface area contributed by atoms with Crippen LogP contribution in [0.4, 0.5) is 18.9 Å². The molecule has 0 saturated carbocycles. The predicted molar refractivity (Wildman–Crippen MR) is 97.3 cm³/mol. The number of methoxy groups -OCH3 is 1. The molecule has 10 heteroatoms. The Morgan fingerprint density at radius 1 is 1.22 bits per heavy atom. The lowest BCUT2D eigenvalue weighted by Gasteiger charge is -2.25. The summed E-state index contributed by atoms with van der Waals surface area (Å²) in [7, 11) is 7.32. The number of alkyl halides is 3. The molecule has 1 aromatic heterocycles. The fourth-order valence-corrected chi connectivity index (χ4v) is 3.09. The van der Waals surface area contributed by atoms with Crippen molar-refractivity contribution < 1.29 is 26.3 Å². The SMILES string of the molecule is [B]c1ncc(C)cc1N(COC)COS(=O)c1ccc(C)c(C(F)(F)F)c1. The molecule has 5 nitrogen and oxygen atoms in total. The summed E-state index contributed by atoms with van der Waals surface area (Å²) in [4.78, 5) is 5.49. The fraction of sp³-hybridized carbons (Fsp3) is 0.353. The molecule has 2 radical (unpaired) electrons. The van der Waals surface area contributed by atoms with Gasteiger partial charge in [0, 0.05) is 18.9 Å². The second-order valence-electron chi connectivity index (χ2n) is 5.83. The number of halogens is 3. The summed E-state index contributed by atoms with van der Waals surface area (Å²) in [5.74, 6) is 0. The summed E-state index contributed by atoms with van der Waals surface area (Å²) >= 11 is -2.11. The van der Waals surface area contributed by atoms with Gasteiger partial charge in [0.2, 0.25) is 0 Å². The Morgan fingerprint density at radius 2 is 1.93 bits per heavy atom. The van der Waals surface area contributed by atoms with Gasteiger partial charge in [0.05, 0.1) is 16.1 Å².